The molecule has 0 N–H and O–H groups in total. The van der Waals surface area contributed by atoms with Gasteiger partial charge in [-0.25, -0.2) is 0 Å². The summed E-state index contributed by atoms with van der Waals surface area (Å²) in [4.78, 5) is 13.5. The first-order valence-electron chi connectivity index (χ1n) is 13.2. The van der Waals surface area contributed by atoms with Gasteiger partial charge in [0.2, 0.25) is 0 Å². The van der Waals surface area contributed by atoms with E-state index in [0.29, 0.717) is 0 Å². The molecule has 0 saturated heterocycles. The largest absolute Gasteiger partial charge is 0.444 e. The average Bonchev–Trinajstić information content (AvgIpc) is 2.78. The van der Waals surface area contributed by atoms with Crippen molar-refractivity contribution in [3.8, 4) is 0 Å². The Bertz CT molecular complexity index is 368. The van der Waals surface area contributed by atoms with Gasteiger partial charge in [-0.2, -0.15) is 0 Å². The average molecular weight is 443 g/mol. The Morgan fingerprint density at radius 3 is 1.10 bits per heavy atom. The maximum atomic E-state index is 8.00. The van der Waals surface area contributed by atoms with Crippen LogP contribution in [-0.2, 0) is 0 Å². The summed E-state index contributed by atoms with van der Waals surface area (Å²) in [5.74, 6) is 1.57. The van der Waals surface area contributed by atoms with E-state index < -0.39 is 0 Å². The van der Waals surface area contributed by atoms with Gasteiger partial charge in [0.05, 0.1) is 39.3 Å². The van der Waals surface area contributed by atoms with E-state index in [0.717, 1.165) is 5.34 Å². The van der Waals surface area contributed by atoms with Crippen LogP contribution >= 0.6 is 0 Å². The minimum absolute atomic E-state index is 1.00. The van der Waals surface area contributed by atoms with Crippen LogP contribution < -0.4 is 0 Å². The number of unbranched alkanes of at least 4 members (excludes halogenated alkanes) is 6. The third-order valence-corrected chi connectivity index (χ3v) is 5.54. The molecule has 0 bridgehead atoms. The van der Waals surface area contributed by atoms with E-state index in [1.165, 1.54) is 116 Å². The van der Waals surface area contributed by atoms with E-state index in [1.54, 1.807) is 5.96 Å². The highest BCUT2D eigenvalue weighted by molar-refractivity contribution is 5.75. The molecule has 0 aliphatic heterocycles. The van der Waals surface area contributed by atoms with Crippen LogP contribution in [0.4, 0.5) is 0 Å². The molecule has 0 radical (unpaired) electrons. The van der Waals surface area contributed by atoms with Crippen LogP contribution in [0.15, 0.2) is 5.34 Å². The van der Waals surface area contributed by atoms with Crippen LogP contribution in [0.1, 0.15) is 119 Å². The zero-order valence-electron chi connectivity index (χ0n) is 21.8. The number of guanidine groups is 1. The molecule has 0 aliphatic rings. The lowest BCUT2D eigenvalue weighted by atomic mass is 10.2. The molecule has 6 nitrogen and oxygen atoms in total. The van der Waals surface area contributed by atoms with Crippen molar-refractivity contribution >= 4 is 5.96 Å². The molecule has 0 spiro atoms. The SMILES string of the molecule is CCCCN(CCCC)C(N(CCCC)CCCC)=[N+](CCCC)CCCC.O=N[O-]. The van der Waals surface area contributed by atoms with E-state index in [9.17, 15) is 0 Å². The van der Waals surface area contributed by atoms with Gasteiger partial charge in [-0.3, -0.25) is 14.4 Å². The summed E-state index contributed by atoms with van der Waals surface area (Å²) in [5, 5.41) is 9.00. The van der Waals surface area contributed by atoms with E-state index in [1.807, 2.05) is 0 Å². The van der Waals surface area contributed by atoms with Gasteiger partial charge in [-0.1, -0.05) is 80.1 Å². The summed E-state index contributed by atoms with van der Waals surface area (Å²) >= 11 is 0. The Balaban J connectivity index is 0. The normalized spacial score (nSPS) is 10.3. The van der Waals surface area contributed by atoms with Gasteiger partial charge in [0.15, 0.2) is 0 Å². The predicted octanol–water partition coefficient (Wildman–Crippen LogP) is 7.01. The minimum Gasteiger partial charge on any atom is -0.444 e. The van der Waals surface area contributed by atoms with Crippen molar-refractivity contribution in [2.75, 3.05) is 39.3 Å². The second-order valence-electron chi connectivity index (χ2n) is 8.46. The van der Waals surface area contributed by atoms with Crippen LogP contribution in [0, 0.1) is 10.1 Å². The molecule has 0 aromatic heterocycles. The van der Waals surface area contributed by atoms with Gasteiger partial charge < -0.3 is 10.1 Å². The van der Waals surface area contributed by atoms with Crippen molar-refractivity contribution in [1.29, 1.82) is 0 Å². The standard InChI is InChI=1S/C25H54N3.HNO2/c1-7-13-19-26(20-14-8-2)25(27(21-15-9-3)22-16-10-4)28(23-17-11-5)24-18-12-6;2-1-3/h7-24H2,1-6H3;(H,2,3)/q+1;/p-1. The molecule has 0 heterocycles. The Morgan fingerprint density at radius 2 is 0.871 bits per heavy atom. The number of nitrogens with zero attached hydrogens (tertiary/aromatic N) is 4. The molecule has 0 saturated carbocycles. The quantitative estimate of drug-likeness (QED) is 0.0753. The second kappa shape index (κ2) is 24.9. The first kappa shape index (κ1) is 31.9. The highest BCUT2D eigenvalue weighted by Crippen LogP contribution is 2.10. The summed E-state index contributed by atoms with van der Waals surface area (Å²) in [6, 6.07) is 0. The van der Waals surface area contributed by atoms with Gasteiger partial charge in [0, 0.05) is 0 Å². The lowest BCUT2D eigenvalue weighted by Gasteiger charge is -2.31. The second-order valence-corrected chi connectivity index (χ2v) is 8.46. The zero-order valence-corrected chi connectivity index (χ0v) is 21.8. The van der Waals surface area contributed by atoms with Crippen LogP contribution in [-0.4, -0.2) is 59.6 Å². The molecule has 0 atom stereocenters. The van der Waals surface area contributed by atoms with Crippen molar-refractivity contribution in [3.63, 3.8) is 0 Å². The third kappa shape index (κ3) is 17.0. The summed E-state index contributed by atoms with van der Waals surface area (Å²) in [6.07, 6.45) is 15.5. The van der Waals surface area contributed by atoms with Crippen LogP contribution in [0.2, 0.25) is 0 Å². The fourth-order valence-corrected chi connectivity index (χ4v) is 3.63. The topological polar surface area (TPSA) is 62.0 Å². The molecule has 0 unspecified atom stereocenters. The Morgan fingerprint density at radius 1 is 0.613 bits per heavy atom. The molecular formula is C25H54N4O2. The maximum absolute atomic E-state index is 8.00. The van der Waals surface area contributed by atoms with Crippen molar-refractivity contribution in [2.45, 2.75) is 119 Å². The lowest BCUT2D eigenvalue weighted by Crippen LogP contribution is -2.51. The lowest BCUT2D eigenvalue weighted by molar-refractivity contribution is -0.539. The van der Waals surface area contributed by atoms with Crippen molar-refractivity contribution in [2.24, 2.45) is 5.34 Å². The maximum Gasteiger partial charge on any atom is 0.350 e. The first-order valence-corrected chi connectivity index (χ1v) is 13.2. The number of rotatable bonds is 18. The van der Waals surface area contributed by atoms with Crippen LogP contribution in [0.5, 0.6) is 0 Å². The van der Waals surface area contributed by atoms with E-state index in [4.69, 9.17) is 10.1 Å². The van der Waals surface area contributed by atoms with Crippen molar-refractivity contribution < 1.29 is 4.58 Å². The summed E-state index contributed by atoms with van der Waals surface area (Å²) in [6.45, 7) is 21.3. The molecule has 0 aromatic rings. The van der Waals surface area contributed by atoms with Crippen LogP contribution in [0.25, 0.3) is 0 Å². The van der Waals surface area contributed by atoms with Crippen molar-refractivity contribution in [1.82, 2.24) is 9.80 Å². The minimum atomic E-state index is 1.00. The Labute approximate surface area is 194 Å². The molecule has 0 rings (SSSR count). The summed E-state index contributed by atoms with van der Waals surface area (Å²) in [5.41, 5.74) is 0. The summed E-state index contributed by atoms with van der Waals surface area (Å²) < 4.78 is 2.77. The van der Waals surface area contributed by atoms with E-state index >= 15 is 0 Å². The molecule has 31 heavy (non-hydrogen) atoms. The highest BCUT2D eigenvalue weighted by Gasteiger charge is 2.28. The molecule has 0 aliphatic carbocycles. The molecule has 0 amide bonds. The molecule has 0 aromatic carbocycles. The van der Waals surface area contributed by atoms with E-state index in [2.05, 4.69) is 55.9 Å². The van der Waals surface area contributed by atoms with Crippen LogP contribution in [0.3, 0.4) is 0 Å². The molecular weight excluding hydrogens is 388 g/mol. The first-order chi connectivity index (χ1) is 15.1. The highest BCUT2D eigenvalue weighted by atomic mass is 16.6. The zero-order chi connectivity index (χ0) is 23.7. The van der Waals surface area contributed by atoms with Gasteiger partial charge in [0.1, 0.15) is 0 Å². The van der Waals surface area contributed by atoms with Gasteiger partial charge in [-0.05, 0) is 38.5 Å². The van der Waals surface area contributed by atoms with Gasteiger partial charge in [-0.15, -0.1) is 5.34 Å². The Hall–Kier alpha value is -1.33. The predicted molar refractivity (Wildman–Crippen MR) is 137 cm³/mol. The van der Waals surface area contributed by atoms with E-state index in [-0.39, 0.29) is 0 Å². The third-order valence-electron chi connectivity index (χ3n) is 5.54. The van der Waals surface area contributed by atoms with Gasteiger partial charge in [0.25, 0.3) is 0 Å². The molecule has 186 valence electrons. The van der Waals surface area contributed by atoms with Crippen molar-refractivity contribution in [3.05, 3.63) is 10.1 Å². The fourth-order valence-electron chi connectivity index (χ4n) is 3.63. The number of hydrogen-bond donors (Lipinski definition) is 0. The monoisotopic (exact) mass is 442 g/mol. The molecule has 0 fully saturated rings. The summed E-state index contributed by atoms with van der Waals surface area (Å²) in [7, 11) is 0. The number of hydrogen-bond acceptors (Lipinski definition) is 3. The Kier molecular flexibility index (Phi) is 25.6. The fraction of sp³-hybridized carbons (Fsp3) is 0.960. The molecule has 6 heteroatoms. The smallest absolute Gasteiger partial charge is 0.350 e. The van der Waals surface area contributed by atoms with Gasteiger partial charge >= 0.3 is 5.96 Å².